The molecule has 0 spiro atoms. The second-order valence-corrected chi connectivity index (χ2v) is 7.59. The SMILES string of the molecule is COc1cc(C(=O)N[C@@H]2CCC[C@H](c3nc4ccccc4[nH]3)C2)cc2c1OCO2. The van der Waals surface area contributed by atoms with E-state index in [4.69, 9.17) is 19.2 Å². The molecule has 1 amide bonds. The first-order valence-corrected chi connectivity index (χ1v) is 9.94. The standard InChI is InChI=1S/C22H23N3O4/c1-27-18-10-14(11-19-20(18)29-12-28-19)22(26)23-15-6-4-5-13(9-15)21-24-16-7-2-3-8-17(16)25-21/h2-3,7-8,10-11,13,15H,4-6,9,12H2,1H3,(H,23,26)(H,24,25)/t13-,15+/m0/s1. The van der Waals surface area contributed by atoms with Crippen molar-refractivity contribution in [1.29, 1.82) is 0 Å². The maximum absolute atomic E-state index is 12.9. The quantitative estimate of drug-likeness (QED) is 0.705. The topological polar surface area (TPSA) is 85.5 Å². The van der Waals surface area contributed by atoms with Gasteiger partial charge in [0.1, 0.15) is 5.82 Å². The Hall–Kier alpha value is -3.22. The number of H-pyrrole nitrogens is 1. The summed E-state index contributed by atoms with van der Waals surface area (Å²) in [6, 6.07) is 11.6. The fourth-order valence-corrected chi connectivity index (χ4v) is 4.26. The predicted octanol–water partition coefficient (Wildman–Crippen LogP) is 3.76. The van der Waals surface area contributed by atoms with Gasteiger partial charge in [0.15, 0.2) is 11.5 Å². The number of hydrogen-bond donors (Lipinski definition) is 2. The fourth-order valence-electron chi connectivity index (χ4n) is 4.26. The third kappa shape index (κ3) is 3.37. The van der Waals surface area contributed by atoms with Crippen LogP contribution in [-0.4, -0.2) is 35.8 Å². The molecule has 2 aliphatic rings. The van der Waals surface area contributed by atoms with Crippen LogP contribution in [0.1, 0.15) is 47.8 Å². The third-order valence-electron chi connectivity index (χ3n) is 5.72. The predicted molar refractivity (Wildman–Crippen MR) is 108 cm³/mol. The van der Waals surface area contributed by atoms with Crippen molar-refractivity contribution in [2.45, 2.75) is 37.6 Å². The Labute approximate surface area is 168 Å². The lowest BCUT2D eigenvalue weighted by Gasteiger charge is -2.28. The minimum atomic E-state index is -0.128. The Morgan fingerprint density at radius 3 is 3.00 bits per heavy atom. The van der Waals surface area contributed by atoms with Crippen molar-refractivity contribution in [2.75, 3.05) is 13.9 Å². The van der Waals surface area contributed by atoms with E-state index >= 15 is 0 Å². The summed E-state index contributed by atoms with van der Waals surface area (Å²) in [5.41, 5.74) is 2.55. The van der Waals surface area contributed by atoms with Gasteiger partial charge in [-0.1, -0.05) is 18.6 Å². The summed E-state index contributed by atoms with van der Waals surface area (Å²) in [5, 5.41) is 3.18. The lowest BCUT2D eigenvalue weighted by molar-refractivity contribution is 0.0924. The number of methoxy groups -OCH3 is 1. The van der Waals surface area contributed by atoms with Crippen molar-refractivity contribution >= 4 is 16.9 Å². The van der Waals surface area contributed by atoms with Gasteiger partial charge in [0.25, 0.3) is 5.91 Å². The number of carbonyl (C=O) groups excluding carboxylic acids is 1. The van der Waals surface area contributed by atoms with Crippen LogP contribution < -0.4 is 19.5 Å². The van der Waals surface area contributed by atoms with Gasteiger partial charge in [-0.15, -0.1) is 0 Å². The van der Waals surface area contributed by atoms with Gasteiger partial charge in [0.05, 0.1) is 18.1 Å². The number of rotatable bonds is 4. The third-order valence-corrected chi connectivity index (χ3v) is 5.72. The van der Waals surface area contributed by atoms with Gasteiger partial charge in [0, 0.05) is 17.5 Å². The molecule has 2 heterocycles. The number of fused-ring (bicyclic) bond motifs is 2. The van der Waals surface area contributed by atoms with Crippen LogP contribution in [0.2, 0.25) is 0 Å². The van der Waals surface area contributed by atoms with Crippen molar-refractivity contribution in [3.05, 3.63) is 47.8 Å². The summed E-state index contributed by atoms with van der Waals surface area (Å²) in [5.74, 6) is 2.79. The number of imidazole rings is 1. The summed E-state index contributed by atoms with van der Waals surface area (Å²) < 4.78 is 16.2. The number of nitrogens with one attached hydrogen (secondary N) is 2. The second-order valence-electron chi connectivity index (χ2n) is 7.59. The molecule has 0 bridgehead atoms. The summed E-state index contributed by atoms with van der Waals surface area (Å²) >= 11 is 0. The summed E-state index contributed by atoms with van der Waals surface area (Å²) in [6.07, 6.45) is 3.96. The molecule has 5 rings (SSSR count). The van der Waals surface area contributed by atoms with Crippen LogP contribution in [0.4, 0.5) is 0 Å². The molecule has 2 atom stereocenters. The number of hydrogen-bond acceptors (Lipinski definition) is 5. The number of aromatic nitrogens is 2. The van der Waals surface area contributed by atoms with Crippen molar-refractivity contribution in [3.8, 4) is 17.2 Å². The molecule has 0 radical (unpaired) electrons. The number of benzene rings is 2. The zero-order chi connectivity index (χ0) is 19.8. The molecule has 7 nitrogen and oxygen atoms in total. The smallest absolute Gasteiger partial charge is 0.251 e. The Balaban J connectivity index is 1.31. The van der Waals surface area contributed by atoms with E-state index in [0.29, 0.717) is 28.7 Å². The Morgan fingerprint density at radius 2 is 2.14 bits per heavy atom. The molecule has 0 saturated heterocycles. The average molecular weight is 393 g/mol. The maximum Gasteiger partial charge on any atom is 0.251 e. The van der Waals surface area contributed by atoms with Gasteiger partial charge in [-0.25, -0.2) is 4.98 Å². The zero-order valence-corrected chi connectivity index (χ0v) is 16.2. The number of ether oxygens (including phenoxy) is 3. The highest BCUT2D eigenvalue weighted by atomic mass is 16.7. The molecule has 7 heteroatoms. The lowest BCUT2D eigenvalue weighted by atomic mass is 9.85. The molecule has 2 aromatic carbocycles. The van der Waals surface area contributed by atoms with E-state index in [-0.39, 0.29) is 18.7 Å². The van der Waals surface area contributed by atoms with Crippen molar-refractivity contribution in [3.63, 3.8) is 0 Å². The minimum absolute atomic E-state index is 0.103. The van der Waals surface area contributed by atoms with Crippen LogP contribution in [0.5, 0.6) is 17.2 Å². The highest BCUT2D eigenvalue weighted by molar-refractivity contribution is 5.96. The van der Waals surface area contributed by atoms with Crippen molar-refractivity contribution in [2.24, 2.45) is 0 Å². The first kappa shape index (κ1) is 17.8. The van der Waals surface area contributed by atoms with E-state index in [0.717, 1.165) is 42.5 Å². The highest BCUT2D eigenvalue weighted by Crippen LogP contribution is 2.42. The molecule has 1 aliphatic carbocycles. The van der Waals surface area contributed by atoms with E-state index < -0.39 is 0 Å². The number of aromatic amines is 1. The minimum Gasteiger partial charge on any atom is -0.493 e. The molecule has 150 valence electrons. The summed E-state index contributed by atoms with van der Waals surface area (Å²) in [4.78, 5) is 21.1. The van der Waals surface area contributed by atoms with Crippen molar-refractivity contribution < 1.29 is 19.0 Å². The van der Waals surface area contributed by atoms with E-state index in [9.17, 15) is 4.79 Å². The molecule has 1 aromatic heterocycles. The Morgan fingerprint density at radius 1 is 1.24 bits per heavy atom. The van der Waals surface area contributed by atoms with Gasteiger partial charge in [-0.05, 0) is 43.5 Å². The fraction of sp³-hybridized carbons (Fsp3) is 0.364. The average Bonchev–Trinajstić information content (AvgIpc) is 3.40. The van der Waals surface area contributed by atoms with Gasteiger partial charge in [-0.3, -0.25) is 4.79 Å². The number of para-hydroxylation sites is 2. The molecule has 0 unspecified atom stereocenters. The van der Waals surface area contributed by atoms with Crippen LogP contribution >= 0.6 is 0 Å². The van der Waals surface area contributed by atoms with Crippen LogP contribution in [0.25, 0.3) is 11.0 Å². The van der Waals surface area contributed by atoms with Gasteiger partial charge in [-0.2, -0.15) is 0 Å². The second kappa shape index (κ2) is 7.31. The van der Waals surface area contributed by atoms with Crippen molar-refractivity contribution in [1.82, 2.24) is 15.3 Å². The van der Waals surface area contributed by atoms with Gasteiger partial charge >= 0.3 is 0 Å². The van der Waals surface area contributed by atoms with Crippen LogP contribution in [0, 0.1) is 0 Å². The van der Waals surface area contributed by atoms with E-state index in [1.165, 1.54) is 0 Å². The normalized spacial score (nSPS) is 20.6. The molecular formula is C22H23N3O4. The Bertz CT molecular complexity index is 1030. The molecule has 29 heavy (non-hydrogen) atoms. The largest absolute Gasteiger partial charge is 0.493 e. The molecule has 1 fully saturated rings. The van der Waals surface area contributed by atoms with Gasteiger partial charge < -0.3 is 24.5 Å². The molecule has 2 N–H and O–H groups in total. The van der Waals surface area contributed by atoms with Crippen LogP contribution in [-0.2, 0) is 0 Å². The molecule has 3 aromatic rings. The summed E-state index contributed by atoms with van der Waals surface area (Å²) in [6.45, 7) is 0.137. The van der Waals surface area contributed by atoms with Crippen LogP contribution in [0.3, 0.4) is 0 Å². The number of amides is 1. The van der Waals surface area contributed by atoms with E-state index in [1.807, 2.05) is 24.3 Å². The molecule has 1 aliphatic heterocycles. The number of nitrogens with zero attached hydrogens (tertiary/aromatic N) is 1. The zero-order valence-electron chi connectivity index (χ0n) is 16.2. The molecule has 1 saturated carbocycles. The van der Waals surface area contributed by atoms with E-state index in [2.05, 4.69) is 10.3 Å². The summed E-state index contributed by atoms with van der Waals surface area (Å²) in [7, 11) is 1.55. The maximum atomic E-state index is 12.9. The van der Waals surface area contributed by atoms with E-state index in [1.54, 1.807) is 19.2 Å². The van der Waals surface area contributed by atoms with Gasteiger partial charge in [0.2, 0.25) is 12.5 Å². The molecular weight excluding hydrogens is 370 g/mol. The first-order chi connectivity index (χ1) is 14.2. The first-order valence-electron chi connectivity index (χ1n) is 9.94. The highest BCUT2D eigenvalue weighted by Gasteiger charge is 2.28. The lowest BCUT2D eigenvalue weighted by Crippen LogP contribution is -2.38. The number of carbonyl (C=O) groups is 1. The van der Waals surface area contributed by atoms with Crippen LogP contribution in [0.15, 0.2) is 36.4 Å². The Kier molecular flexibility index (Phi) is 4.50. The monoisotopic (exact) mass is 393 g/mol.